The number of fused-ring (bicyclic) bond motifs is 9. The van der Waals surface area contributed by atoms with Crippen LogP contribution in [0, 0.1) is 35.5 Å². The van der Waals surface area contributed by atoms with Gasteiger partial charge in [-0.15, -0.1) is 0 Å². The zero-order valence-electron chi connectivity index (χ0n) is 14.0. The standard InChI is InChI=1S/C18H28O4/c1-9(19-3)21-17-13-8-14(18(17)22-10(2)20-4)16-12-6-5-11(7-12)15(13)16/h5-6,9-18H,7-8H2,1-4H3. The Morgan fingerprint density at radius 3 is 1.64 bits per heavy atom. The van der Waals surface area contributed by atoms with Gasteiger partial charge in [-0.1, -0.05) is 12.2 Å². The van der Waals surface area contributed by atoms with E-state index in [1.165, 1.54) is 12.8 Å². The highest BCUT2D eigenvalue weighted by Gasteiger charge is 2.66. The molecule has 4 rings (SSSR count). The number of hydrogen-bond donors (Lipinski definition) is 0. The first kappa shape index (κ1) is 15.1. The van der Waals surface area contributed by atoms with Gasteiger partial charge in [0.25, 0.3) is 0 Å². The third-order valence-corrected chi connectivity index (χ3v) is 6.65. The first-order valence-corrected chi connectivity index (χ1v) is 8.69. The van der Waals surface area contributed by atoms with E-state index in [0.29, 0.717) is 11.8 Å². The Hall–Kier alpha value is -0.420. The van der Waals surface area contributed by atoms with Gasteiger partial charge in [0, 0.05) is 14.2 Å². The van der Waals surface area contributed by atoms with Crippen molar-refractivity contribution in [1.82, 2.24) is 0 Å². The molecule has 4 aliphatic carbocycles. The number of ether oxygens (including phenoxy) is 4. The van der Waals surface area contributed by atoms with E-state index in [9.17, 15) is 0 Å². The average Bonchev–Trinajstić information content (AvgIpc) is 3.25. The van der Waals surface area contributed by atoms with Gasteiger partial charge in [0.15, 0.2) is 12.6 Å². The summed E-state index contributed by atoms with van der Waals surface area (Å²) in [5, 5.41) is 0. The molecule has 0 aliphatic heterocycles. The highest BCUT2D eigenvalue weighted by molar-refractivity contribution is 5.23. The smallest absolute Gasteiger partial charge is 0.154 e. The molecule has 0 heterocycles. The van der Waals surface area contributed by atoms with Crippen molar-refractivity contribution in [2.75, 3.05) is 14.2 Å². The molecule has 10 atom stereocenters. The number of hydrogen-bond acceptors (Lipinski definition) is 4. The Morgan fingerprint density at radius 2 is 1.23 bits per heavy atom. The minimum Gasteiger partial charge on any atom is -0.356 e. The monoisotopic (exact) mass is 308 g/mol. The van der Waals surface area contributed by atoms with Crippen LogP contribution in [0.5, 0.6) is 0 Å². The maximum absolute atomic E-state index is 6.24. The fourth-order valence-electron chi connectivity index (χ4n) is 5.84. The van der Waals surface area contributed by atoms with Crippen LogP contribution in [-0.4, -0.2) is 39.0 Å². The second-order valence-electron chi connectivity index (χ2n) is 7.47. The molecule has 0 N–H and O–H groups in total. The molecular weight excluding hydrogens is 280 g/mol. The molecule has 22 heavy (non-hydrogen) atoms. The van der Waals surface area contributed by atoms with Crippen LogP contribution in [0.15, 0.2) is 12.2 Å². The highest BCUT2D eigenvalue weighted by atomic mass is 16.7. The second kappa shape index (κ2) is 5.59. The van der Waals surface area contributed by atoms with Crippen molar-refractivity contribution in [1.29, 1.82) is 0 Å². The van der Waals surface area contributed by atoms with Gasteiger partial charge in [-0.05, 0) is 62.2 Å². The van der Waals surface area contributed by atoms with E-state index < -0.39 is 0 Å². The minimum absolute atomic E-state index is 0.145. The summed E-state index contributed by atoms with van der Waals surface area (Å²) >= 11 is 0. The lowest BCUT2D eigenvalue weighted by Crippen LogP contribution is -2.48. The van der Waals surface area contributed by atoms with Crippen LogP contribution in [0.3, 0.4) is 0 Å². The highest BCUT2D eigenvalue weighted by Crippen LogP contribution is 2.66. The molecule has 4 nitrogen and oxygen atoms in total. The molecule has 3 fully saturated rings. The van der Waals surface area contributed by atoms with Gasteiger partial charge in [0.05, 0.1) is 12.2 Å². The fraction of sp³-hybridized carbons (Fsp3) is 0.889. The van der Waals surface area contributed by atoms with Gasteiger partial charge in [-0.25, -0.2) is 0 Å². The Bertz CT molecular complexity index is 412. The summed E-state index contributed by atoms with van der Waals surface area (Å²) in [7, 11) is 3.41. The van der Waals surface area contributed by atoms with Gasteiger partial charge >= 0.3 is 0 Å². The Balaban J connectivity index is 1.57. The molecular formula is C18H28O4. The third-order valence-electron chi connectivity index (χ3n) is 6.65. The van der Waals surface area contributed by atoms with Crippen molar-refractivity contribution in [3.8, 4) is 0 Å². The van der Waals surface area contributed by atoms with Crippen molar-refractivity contribution in [3.05, 3.63) is 12.2 Å². The van der Waals surface area contributed by atoms with Crippen LogP contribution < -0.4 is 0 Å². The van der Waals surface area contributed by atoms with Crippen LogP contribution in [0.4, 0.5) is 0 Å². The maximum atomic E-state index is 6.24. The first-order valence-electron chi connectivity index (χ1n) is 8.69. The normalized spacial score (nSPS) is 50.5. The lowest BCUT2D eigenvalue weighted by Gasteiger charge is -2.42. The van der Waals surface area contributed by atoms with Gasteiger partial charge in [0.2, 0.25) is 0 Å². The molecule has 3 saturated carbocycles. The van der Waals surface area contributed by atoms with Crippen molar-refractivity contribution in [3.63, 3.8) is 0 Å². The molecule has 0 saturated heterocycles. The van der Waals surface area contributed by atoms with Crippen LogP contribution in [-0.2, 0) is 18.9 Å². The fourth-order valence-corrected chi connectivity index (χ4v) is 5.84. The molecule has 10 unspecified atom stereocenters. The van der Waals surface area contributed by atoms with Crippen LogP contribution in [0.2, 0.25) is 0 Å². The van der Waals surface area contributed by atoms with Crippen molar-refractivity contribution >= 4 is 0 Å². The van der Waals surface area contributed by atoms with E-state index >= 15 is 0 Å². The molecule has 0 radical (unpaired) electrons. The van der Waals surface area contributed by atoms with Crippen molar-refractivity contribution in [2.24, 2.45) is 35.5 Å². The Morgan fingerprint density at radius 1 is 0.773 bits per heavy atom. The van der Waals surface area contributed by atoms with E-state index in [0.717, 1.165) is 23.7 Å². The van der Waals surface area contributed by atoms with Gasteiger partial charge < -0.3 is 18.9 Å². The summed E-state index contributed by atoms with van der Waals surface area (Å²) in [6, 6.07) is 0. The summed E-state index contributed by atoms with van der Waals surface area (Å²) in [5.41, 5.74) is 0. The molecule has 4 bridgehead atoms. The quantitative estimate of drug-likeness (QED) is 0.429. The predicted molar refractivity (Wildman–Crippen MR) is 82.0 cm³/mol. The molecule has 0 aromatic carbocycles. The summed E-state index contributed by atoms with van der Waals surface area (Å²) in [5.74, 6) is 4.37. The van der Waals surface area contributed by atoms with Crippen LogP contribution in [0.1, 0.15) is 26.7 Å². The van der Waals surface area contributed by atoms with E-state index in [2.05, 4.69) is 12.2 Å². The zero-order valence-corrected chi connectivity index (χ0v) is 14.0. The summed E-state index contributed by atoms with van der Waals surface area (Å²) in [6.45, 7) is 3.95. The Labute approximate surface area is 133 Å². The molecule has 0 spiro atoms. The maximum Gasteiger partial charge on any atom is 0.154 e. The largest absolute Gasteiger partial charge is 0.356 e. The van der Waals surface area contributed by atoms with E-state index in [1.807, 2.05) is 13.8 Å². The van der Waals surface area contributed by atoms with Crippen molar-refractivity contribution < 1.29 is 18.9 Å². The van der Waals surface area contributed by atoms with Crippen molar-refractivity contribution in [2.45, 2.75) is 51.5 Å². The first-order chi connectivity index (χ1) is 10.6. The lowest BCUT2D eigenvalue weighted by molar-refractivity contribution is -0.238. The topological polar surface area (TPSA) is 36.9 Å². The minimum atomic E-state index is -0.180. The molecule has 124 valence electrons. The van der Waals surface area contributed by atoms with E-state index in [4.69, 9.17) is 18.9 Å². The predicted octanol–water partition coefficient (Wildman–Crippen LogP) is 2.83. The third kappa shape index (κ3) is 2.11. The number of rotatable bonds is 6. The Kier molecular flexibility index (Phi) is 3.84. The molecule has 0 aromatic heterocycles. The molecule has 4 aliphatic rings. The van der Waals surface area contributed by atoms with Gasteiger partial charge in [-0.3, -0.25) is 0 Å². The van der Waals surface area contributed by atoms with E-state index in [1.54, 1.807) is 14.2 Å². The van der Waals surface area contributed by atoms with Gasteiger partial charge in [-0.2, -0.15) is 0 Å². The van der Waals surface area contributed by atoms with E-state index in [-0.39, 0.29) is 24.8 Å². The SMILES string of the molecule is COC(C)OC1C2CC(C1OC(C)OC)C1C3C=CC(C3)C21. The summed E-state index contributed by atoms with van der Waals surface area (Å²) in [6.07, 6.45) is 7.43. The number of allylic oxidation sites excluding steroid dienone is 2. The summed E-state index contributed by atoms with van der Waals surface area (Å²) < 4.78 is 23.2. The lowest BCUT2D eigenvalue weighted by atomic mass is 9.71. The molecule has 0 amide bonds. The summed E-state index contributed by atoms with van der Waals surface area (Å²) in [4.78, 5) is 0. The van der Waals surface area contributed by atoms with Crippen LogP contribution >= 0.6 is 0 Å². The molecule has 4 heteroatoms. The average molecular weight is 308 g/mol. The number of methoxy groups -OCH3 is 2. The van der Waals surface area contributed by atoms with Crippen LogP contribution in [0.25, 0.3) is 0 Å². The second-order valence-corrected chi connectivity index (χ2v) is 7.47. The molecule has 0 aromatic rings. The van der Waals surface area contributed by atoms with Gasteiger partial charge in [0.1, 0.15) is 0 Å². The zero-order chi connectivity index (χ0) is 15.4.